The summed E-state index contributed by atoms with van der Waals surface area (Å²) in [7, 11) is 0. The molecule has 130 valence electrons. The van der Waals surface area contributed by atoms with Crippen molar-refractivity contribution in [3.63, 3.8) is 0 Å². The molecule has 4 N–H and O–H groups in total. The van der Waals surface area contributed by atoms with Crippen LogP contribution >= 0.6 is 0 Å². The molecule has 0 heterocycles. The number of benzene rings is 1. The van der Waals surface area contributed by atoms with E-state index in [-0.39, 0.29) is 19.3 Å². The number of hydrogen-bond donors (Lipinski definition) is 4. The van der Waals surface area contributed by atoms with E-state index in [1.54, 1.807) is 24.3 Å². The van der Waals surface area contributed by atoms with E-state index in [2.05, 4.69) is 10.6 Å². The van der Waals surface area contributed by atoms with Gasteiger partial charge in [-0.3, -0.25) is 14.4 Å². The molecule has 0 radical (unpaired) electrons. The van der Waals surface area contributed by atoms with Crippen LogP contribution in [-0.4, -0.2) is 46.0 Å². The third kappa shape index (κ3) is 6.91. The highest BCUT2D eigenvalue weighted by molar-refractivity contribution is 5.90. The second kappa shape index (κ2) is 9.29. The Morgan fingerprint density at radius 2 is 1.62 bits per heavy atom. The Hall–Kier alpha value is -2.90. The van der Waals surface area contributed by atoms with Gasteiger partial charge in [-0.05, 0) is 12.0 Å². The van der Waals surface area contributed by atoms with E-state index in [0.29, 0.717) is 0 Å². The van der Waals surface area contributed by atoms with E-state index in [0.717, 1.165) is 5.56 Å². The first-order valence-corrected chi connectivity index (χ1v) is 7.35. The number of rotatable bonds is 9. The van der Waals surface area contributed by atoms with Gasteiger partial charge < -0.3 is 20.8 Å². The van der Waals surface area contributed by atoms with Crippen molar-refractivity contribution in [3.8, 4) is 0 Å². The summed E-state index contributed by atoms with van der Waals surface area (Å²) in [6.45, 7) is 1.25. The highest BCUT2D eigenvalue weighted by Crippen LogP contribution is 2.05. The van der Waals surface area contributed by atoms with Gasteiger partial charge in [-0.2, -0.15) is 0 Å². The second-order valence-electron chi connectivity index (χ2n) is 5.27. The van der Waals surface area contributed by atoms with Crippen molar-refractivity contribution in [2.24, 2.45) is 0 Å². The van der Waals surface area contributed by atoms with Crippen LogP contribution in [0.1, 0.15) is 25.3 Å². The summed E-state index contributed by atoms with van der Waals surface area (Å²) in [5.41, 5.74) is 0.795. The Bertz CT molecular complexity index is 602. The summed E-state index contributed by atoms with van der Waals surface area (Å²) in [5, 5.41) is 22.5. The van der Waals surface area contributed by atoms with Crippen molar-refractivity contribution >= 4 is 23.8 Å². The van der Waals surface area contributed by atoms with Gasteiger partial charge in [0.05, 0.1) is 0 Å². The number of carbonyl (C=O) groups excluding carboxylic acids is 2. The lowest BCUT2D eigenvalue weighted by molar-refractivity contribution is -0.143. The molecule has 0 spiro atoms. The summed E-state index contributed by atoms with van der Waals surface area (Å²) >= 11 is 0. The first kappa shape index (κ1) is 19.1. The van der Waals surface area contributed by atoms with E-state index in [1.807, 2.05) is 6.07 Å². The zero-order chi connectivity index (χ0) is 18.1. The van der Waals surface area contributed by atoms with Gasteiger partial charge in [-0.15, -0.1) is 0 Å². The van der Waals surface area contributed by atoms with Crippen molar-refractivity contribution in [1.29, 1.82) is 0 Å². The molecule has 2 atom stereocenters. The fourth-order valence-electron chi connectivity index (χ4n) is 2.10. The van der Waals surface area contributed by atoms with Crippen LogP contribution in [0.3, 0.4) is 0 Å². The van der Waals surface area contributed by atoms with Gasteiger partial charge in [0.15, 0.2) is 0 Å². The number of carboxylic acid groups (broad SMARTS) is 2. The molecular weight excluding hydrogens is 316 g/mol. The summed E-state index contributed by atoms with van der Waals surface area (Å²) in [6, 6.07) is 6.65. The minimum Gasteiger partial charge on any atom is -0.481 e. The maximum absolute atomic E-state index is 12.3. The Balaban J connectivity index is 2.79. The van der Waals surface area contributed by atoms with Crippen molar-refractivity contribution in [1.82, 2.24) is 10.6 Å². The Labute approximate surface area is 138 Å². The minimum absolute atomic E-state index is 0.192. The second-order valence-corrected chi connectivity index (χ2v) is 5.27. The molecule has 0 fully saturated rings. The van der Waals surface area contributed by atoms with Crippen molar-refractivity contribution < 1.29 is 29.4 Å². The van der Waals surface area contributed by atoms with Crippen molar-refractivity contribution in [3.05, 3.63) is 35.9 Å². The molecule has 0 aromatic heterocycles. The number of amides is 2. The molecule has 8 heteroatoms. The average Bonchev–Trinajstić information content (AvgIpc) is 2.50. The monoisotopic (exact) mass is 336 g/mol. The topological polar surface area (TPSA) is 133 Å². The molecule has 1 aromatic carbocycles. The number of nitrogens with one attached hydrogen (secondary N) is 2. The Morgan fingerprint density at radius 3 is 2.12 bits per heavy atom. The van der Waals surface area contributed by atoms with E-state index < -0.39 is 35.8 Å². The third-order valence-corrected chi connectivity index (χ3v) is 3.24. The van der Waals surface area contributed by atoms with E-state index in [9.17, 15) is 19.2 Å². The van der Waals surface area contributed by atoms with Gasteiger partial charge in [-0.25, -0.2) is 4.79 Å². The standard InChI is InChI=1S/C16H20N2O6/c1-10(19)17-13(9-11-5-3-2-4-6-11)15(22)18-12(16(23)24)7-8-14(20)21/h2-6,12-13H,7-9H2,1H3,(H,17,19)(H,18,22)(H,20,21)(H,23,24)/t12-,13-/m1/s1. The predicted octanol–water partition coefficient (Wildman–Crippen LogP) is 0.168. The van der Waals surface area contributed by atoms with E-state index in [4.69, 9.17) is 10.2 Å². The minimum atomic E-state index is -1.33. The van der Waals surface area contributed by atoms with E-state index >= 15 is 0 Å². The van der Waals surface area contributed by atoms with Gasteiger partial charge in [0.2, 0.25) is 11.8 Å². The van der Waals surface area contributed by atoms with Gasteiger partial charge >= 0.3 is 11.9 Å². The molecule has 0 aliphatic rings. The lowest BCUT2D eigenvalue weighted by Crippen LogP contribution is -2.52. The van der Waals surface area contributed by atoms with Crippen LogP contribution in [0.25, 0.3) is 0 Å². The summed E-state index contributed by atoms with van der Waals surface area (Å²) < 4.78 is 0. The molecule has 0 unspecified atom stereocenters. The van der Waals surface area contributed by atoms with Crippen LogP contribution in [-0.2, 0) is 25.6 Å². The highest BCUT2D eigenvalue weighted by atomic mass is 16.4. The SMILES string of the molecule is CC(=O)N[C@H](Cc1ccccc1)C(=O)N[C@H](CCC(=O)O)C(=O)O. The van der Waals surface area contributed by atoms with Crippen LogP contribution < -0.4 is 10.6 Å². The molecule has 1 aromatic rings. The van der Waals surface area contributed by atoms with Gasteiger partial charge in [0, 0.05) is 19.8 Å². The van der Waals surface area contributed by atoms with Crippen molar-refractivity contribution in [2.75, 3.05) is 0 Å². The third-order valence-electron chi connectivity index (χ3n) is 3.24. The van der Waals surface area contributed by atoms with Crippen LogP contribution in [0, 0.1) is 0 Å². The Kier molecular flexibility index (Phi) is 7.41. The number of carbonyl (C=O) groups is 4. The van der Waals surface area contributed by atoms with Gasteiger partial charge in [-0.1, -0.05) is 30.3 Å². The molecular formula is C16H20N2O6. The highest BCUT2D eigenvalue weighted by Gasteiger charge is 2.26. The lowest BCUT2D eigenvalue weighted by atomic mass is 10.0. The fourth-order valence-corrected chi connectivity index (χ4v) is 2.10. The molecule has 0 saturated carbocycles. The predicted molar refractivity (Wildman–Crippen MR) is 84.2 cm³/mol. The fraction of sp³-hybridized carbons (Fsp3) is 0.375. The van der Waals surface area contributed by atoms with Crippen LogP contribution in [0.4, 0.5) is 0 Å². The largest absolute Gasteiger partial charge is 0.481 e. The Morgan fingerprint density at radius 1 is 1.00 bits per heavy atom. The van der Waals surface area contributed by atoms with Crippen molar-refractivity contribution in [2.45, 2.75) is 38.3 Å². The molecule has 8 nitrogen and oxygen atoms in total. The first-order valence-electron chi connectivity index (χ1n) is 7.35. The number of carboxylic acids is 2. The number of hydrogen-bond acceptors (Lipinski definition) is 4. The molecule has 2 amide bonds. The molecule has 0 saturated heterocycles. The van der Waals surface area contributed by atoms with Gasteiger partial charge in [0.1, 0.15) is 12.1 Å². The molecule has 1 rings (SSSR count). The van der Waals surface area contributed by atoms with Crippen LogP contribution in [0.2, 0.25) is 0 Å². The molecule has 0 aliphatic carbocycles. The summed E-state index contributed by atoms with van der Waals surface area (Å²) in [4.78, 5) is 45.3. The molecule has 24 heavy (non-hydrogen) atoms. The quantitative estimate of drug-likeness (QED) is 0.508. The first-order chi connectivity index (χ1) is 11.3. The normalized spacial score (nSPS) is 12.7. The summed E-state index contributed by atoms with van der Waals surface area (Å²) in [5.74, 6) is -3.58. The summed E-state index contributed by atoms with van der Waals surface area (Å²) in [6.07, 6.45) is -0.438. The lowest BCUT2D eigenvalue weighted by Gasteiger charge is -2.21. The smallest absolute Gasteiger partial charge is 0.326 e. The molecule has 0 aliphatic heterocycles. The average molecular weight is 336 g/mol. The zero-order valence-electron chi connectivity index (χ0n) is 13.2. The van der Waals surface area contributed by atoms with Crippen LogP contribution in [0.15, 0.2) is 30.3 Å². The number of aliphatic carboxylic acids is 2. The van der Waals surface area contributed by atoms with Crippen LogP contribution in [0.5, 0.6) is 0 Å². The molecule has 0 bridgehead atoms. The maximum atomic E-state index is 12.3. The zero-order valence-corrected chi connectivity index (χ0v) is 13.2. The maximum Gasteiger partial charge on any atom is 0.326 e. The van der Waals surface area contributed by atoms with E-state index in [1.165, 1.54) is 6.92 Å². The van der Waals surface area contributed by atoms with Gasteiger partial charge in [0.25, 0.3) is 0 Å².